The second-order valence-electron chi connectivity index (χ2n) is 8.66. The van der Waals surface area contributed by atoms with Gasteiger partial charge < -0.3 is 21.3 Å². The van der Waals surface area contributed by atoms with Crippen LogP contribution in [0.3, 0.4) is 0 Å². The zero-order chi connectivity index (χ0) is 25.1. The number of nitrogens with one attached hydrogen (secondary N) is 4. The number of unbranched alkanes of at least 4 members (excludes halogenated alkanes) is 4. The molecule has 8 heteroatoms. The SMILES string of the molecule is CCCCNC1=C(F)C(=O)c2c(NCCCC)c(NCCCC)c(F)c(NCCCC)c2C1=O. The summed E-state index contributed by atoms with van der Waals surface area (Å²) in [4.78, 5) is 26.8. The van der Waals surface area contributed by atoms with Crippen LogP contribution in [-0.4, -0.2) is 37.7 Å². The summed E-state index contributed by atoms with van der Waals surface area (Å²) < 4.78 is 31.2. The third-order valence-electron chi connectivity index (χ3n) is 5.87. The maximum absolute atomic E-state index is 16.0. The molecule has 6 nitrogen and oxygen atoms in total. The molecule has 0 saturated heterocycles. The van der Waals surface area contributed by atoms with Gasteiger partial charge in [-0.05, 0) is 25.7 Å². The minimum Gasteiger partial charge on any atom is -0.383 e. The first-order chi connectivity index (χ1) is 16.4. The van der Waals surface area contributed by atoms with E-state index in [-0.39, 0.29) is 33.9 Å². The number of fused-ring (bicyclic) bond motifs is 1. The lowest BCUT2D eigenvalue weighted by Gasteiger charge is -2.27. The summed E-state index contributed by atoms with van der Waals surface area (Å²) in [6.45, 7) is 9.78. The van der Waals surface area contributed by atoms with Crippen LogP contribution in [0.1, 0.15) is 99.8 Å². The highest BCUT2D eigenvalue weighted by atomic mass is 19.1. The maximum atomic E-state index is 16.0. The first-order valence-corrected chi connectivity index (χ1v) is 12.8. The Hall–Kier alpha value is -2.64. The molecule has 0 radical (unpaired) electrons. The van der Waals surface area contributed by atoms with Crippen molar-refractivity contribution in [3.63, 3.8) is 0 Å². The van der Waals surface area contributed by atoms with Crippen LogP contribution in [0.5, 0.6) is 0 Å². The standard InChI is InChI=1S/C26H40F2N4O2/c1-5-9-13-29-21-17-18(25(33)20(28)24(26(17)34)32-16-12-8-4)22(30-14-10-6-2)23(19(21)27)31-15-11-7-3/h29-32H,5-16H2,1-4H3. The maximum Gasteiger partial charge on any atom is 0.226 e. The Kier molecular flexibility index (Phi) is 11.3. The molecule has 34 heavy (non-hydrogen) atoms. The molecule has 1 aromatic rings. The van der Waals surface area contributed by atoms with E-state index >= 15 is 8.78 Å². The predicted molar refractivity (Wildman–Crippen MR) is 136 cm³/mol. The molecule has 1 aliphatic carbocycles. The smallest absolute Gasteiger partial charge is 0.226 e. The number of hydrogen-bond acceptors (Lipinski definition) is 6. The average Bonchev–Trinajstić information content (AvgIpc) is 2.82. The molecule has 0 atom stereocenters. The molecule has 0 fully saturated rings. The predicted octanol–water partition coefficient (Wildman–Crippen LogP) is 6.41. The van der Waals surface area contributed by atoms with E-state index in [2.05, 4.69) is 21.3 Å². The Balaban J connectivity index is 2.70. The molecule has 0 aromatic heterocycles. The molecule has 2 rings (SSSR count). The Morgan fingerprint density at radius 2 is 0.971 bits per heavy atom. The molecular weight excluding hydrogens is 438 g/mol. The molecule has 0 spiro atoms. The van der Waals surface area contributed by atoms with Crippen LogP contribution in [0, 0.1) is 5.82 Å². The van der Waals surface area contributed by atoms with Gasteiger partial charge in [-0.2, -0.15) is 0 Å². The van der Waals surface area contributed by atoms with E-state index in [1.807, 2.05) is 27.7 Å². The molecular formula is C26H40F2N4O2. The quantitative estimate of drug-likeness (QED) is 0.206. The van der Waals surface area contributed by atoms with E-state index in [1.54, 1.807) is 0 Å². The molecule has 0 amide bonds. The summed E-state index contributed by atoms with van der Waals surface area (Å²) in [5.74, 6) is -3.33. The second kappa shape index (κ2) is 13.9. The number of allylic oxidation sites excluding steroid dienone is 2. The van der Waals surface area contributed by atoms with Gasteiger partial charge in [-0.25, -0.2) is 8.78 Å². The van der Waals surface area contributed by atoms with Crippen molar-refractivity contribution < 1.29 is 18.4 Å². The minimum absolute atomic E-state index is 0.0378. The first kappa shape index (κ1) is 27.6. The zero-order valence-electron chi connectivity index (χ0n) is 21.1. The largest absolute Gasteiger partial charge is 0.383 e. The van der Waals surface area contributed by atoms with Crippen molar-refractivity contribution in [3.05, 3.63) is 28.5 Å². The highest BCUT2D eigenvalue weighted by Crippen LogP contribution is 2.43. The van der Waals surface area contributed by atoms with Crippen molar-refractivity contribution in [2.45, 2.75) is 79.1 Å². The van der Waals surface area contributed by atoms with Gasteiger partial charge >= 0.3 is 0 Å². The number of carbonyl (C=O) groups excluding carboxylic acids is 2. The van der Waals surface area contributed by atoms with E-state index < -0.39 is 23.2 Å². The van der Waals surface area contributed by atoms with Gasteiger partial charge in [-0.1, -0.05) is 53.4 Å². The molecule has 0 unspecified atom stereocenters. The third-order valence-corrected chi connectivity index (χ3v) is 5.87. The molecule has 0 saturated carbocycles. The Bertz CT molecular complexity index is 900. The van der Waals surface area contributed by atoms with Gasteiger partial charge in [-0.15, -0.1) is 0 Å². The van der Waals surface area contributed by atoms with E-state index in [1.165, 1.54) is 0 Å². The van der Waals surface area contributed by atoms with Gasteiger partial charge in [-0.3, -0.25) is 9.59 Å². The van der Waals surface area contributed by atoms with Crippen molar-refractivity contribution in [1.82, 2.24) is 5.32 Å². The molecule has 4 N–H and O–H groups in total. The van der Waals surface area contributed by atoms with Crippen molar-refractivity contribution in [2.75, 3.05) is 42.1 Å². The topological polar surface area (TPSA) is 82.3 Å². The number of anilines is 3. The fraction of sp³-hybridized carbons (Fsp3) is 0.615. The molecule has 0 heterocycles. The fourth-order valence-electron chi connectivity index (χ4n) is 3.85. The summed E-state index contributed by atoms with van der Waals surface area (Å²) in [5, 5.41) is 12.0. The third kappa shape index (κ3) is 6.27. The number of benzene rings is 1. The van der Waals surface area contributed by atoms with Crippen molar-refractivity contribution in [2.24, 2.45) is 0 Å². The number of carbonyl (C=O) groups is 2. The Labute approximate surface area is 202 Å². The van der Waals surface area contributed by atoms with Crippen LogP contribution in [0.15, 0.2) is 11.5 Å². The van der Waals surface area contributed by atoms with E-state index in [9.17, 15) is 9.59 Å². The lowest BCUT2D eigenvalue weighted by atomic mass is 9.87. The Morgan fingerprint density at radius 1 is 0.559 bits per heavy atom. The summed E-state index contributed by atoms with van der Waals surface area (Å²) in [7, 11) is 0. The number of rotatable bonds is 16. The van der Waals surface area contributed by atoms with Crippen LogP contribution in [0.4, 0.5) is 25.8 Å². The minimum atomic E-state index is -1.11. The van der Waals surface area contributed by atoms with Crippen LogP contribution in [0.25, 0.3) is 0 Å². The highest BCUT2D eigenvalue weighted by molar-refractivity contribution is 6.30. The fourth-order valence-corrected chi connectivity index (χ4v) is 3.85. The van der Waals surface area contributed by atoms with Crippen LogP contribution in [-0.2, 0) is 0 Å². The summed E-state index contributed by atoms with van der Waals surface area (Å²) in [6.07, 6.45) is 6.57. The molecule has 1 aliphatic rings. The van der Waals surface area contributed by atoms with Gasteiger partial charge in [0.1, 0.15) is 5.70 Å². The van der Waals surface area contributed by atoms with Gasteiger partial charge in [0, 0.05) is 26.2 Å². The monoisotopic (exact) mass is 478 g/mol. The van der Waals surface area contributed by atoms with Crippen molar-refractivity contribution in [3.8, 4) is 0 Å². The molecule has 0 bridgehead atoms. The lowest BCUT2D eigenvalue weighted by Crippen LogP contribution is -2.32. The van der Waals surface area contributed by atoms with Crippen molar-refractivity contribution in [1.29, 1.82) is 0 Å². The first-order valence-electron chi connectivity index (χ1n) is 12.8. The number of Topliss-reactive ketones (excluding diaryl/α,β-unsaturated/α-hetero) is 2. The molecule has 190 valence electrons. The number of ketones is 2. The molecule has 0 aliphatic heterocycles. The van der Waals surface area contributed by atoms with Gasteiger partial charge in [0.25, 0.3) is 0 Å². The molecule has 1 aromatic carbocycles. The van der Waals surface area contributed by atoms with Crippen LogP contribution < -0.4 is 21.3 Å². The lowest BCUT2D eigenvalue weighted by molar-refractivity contribution is 0.0948. The van der Waals surface area contributed by atoms with Gasteiger partial charge in [0.15, 0.2) is 11.6 Å². The zero-order valence-corrected chi connectivity index (χ0v) is 21.1. The van der Waals surface area contributed by atoms with Crippen LogP contribution in [0.2, 0.25) is 0 Å². The van der Waals surface area contributed by atoms with Gasteiger partial charge in [0.05, 0.1) is 28.2 Å². The van der Waals surface area contributed by atoms with E-state index in [0.717, 1.165) is 44.9 Å². The number of halogens is 2. The normalized spacial score (nSPS) is 13.2. The average molecular weight is 479 g/mol. The van der Waals surface area contributed by atoms with Crippen LogP contribution >= 0.6 is 0 Å². The Morgan fingerprint density at radius 3 is 1.47 bits per heavy atom. The summed E-state index contributed by atoms with van der Waals surface area (Å²) in [6, 6.07) is 0. The summed E-state index contributed by atoms with van der Waals surface area (Å²) in [5.41, 5.74) is -0.338. The van der Waals surface area contributed by atoms with Gasteiger partial charge in [0.2, 0.25) is 11.6 Å². The van der Waals surface area contributed by atoms with Crippen molar-refractivity contribution >= 4 is 28.6 Å². The summed E-state index contributed by atoms with van der Waals surface area (Å²) >= 11 is 0. The second-order valence-corrected chi connectivity index (χ2v) is 8.66. The highest BCUT2D eigenvalue weighted by Gasteiger charge is 2.40. The van der Waals surface area contributed by atoms with E-state index in [0.29, 0.717) is 32.6 Å². The van der Waals surface area contributed by atoms with E-state index in [4.69, 9.17) is 0 Å². The number of hydrogen-bond donors (Lipinski definition) is 4.